The minimum absolute atomic E-state index is 0.0143. The number of alkyl halides is 3. The minimum atomic E-state index is -4.93. The molecule has 0 fully saturated rings. The lowest BCUT2D eigenvalue weighted by Crippen LogP contribution is -2.18. The monoisotopic (exact) mass is 577 g/mol. The molecule has 0 aliphatic rings. The second kappa shape index (κ2) is 9.87. The Balaban J connectivity index is 1.78. The van der Waals surface area contributed by atoms with E-state index in [2.05, 4.69) is 5.10 Å². The fourth-order valence-electron chi connectivity index (χ4n) is 3.63. The Bertz CT molecular complexity index is 1660. The number of rotatable bonds is 6. The Hall–Kier alpha value is -4.14. The SMILES string of the molecule is COc1ccc(-c2cc(C(F)(F)F)nn2-c2ccc(S(=O)(=O)Nc3c(F)c(F)c(F)c(F)c3F)c(C)c2)cc1. The molecular formula is C24H15F8N3O3S. The standard InChI is InChI=1S/C24H15F8N3O3S/c1-11-9-13(35-15(10-17(33-35)24(30,31)32)12-3-6-14(38-2)7-4-12)5-8-16(11)39(36,37)34-23-21(28)19(26)18(25)20(27)22(23)29/h3-10,34H,1-2H3. The van der Waals surface area contributed by atoms with Gasteiger partial charge in [-0.05, 0) is 61.0 Å². The number of nitrogens with one attached hydrogen (secondary N) is 1. The van der Waals surface area contributed by atoms with Gasteiger partial charge in [-0.15, -0.1) is 0 Å². The molecule has 0 amide bonds. The van der Waals surface area contributed by atoms with Crippen LogP contribution in [0.2, 0.25) is 0 Å². The van der Waals surface area contributed by atoms with Gasteiger partial charge in [0.25, 0.3) is 10.0 Å². The van der Waals surface area contributed by atoms with Crippen LogP contribution >= 0.6 is 0 Å². The Kier molecular flexibility index (Phi) is 7.06. The van der Waals surface area contributed by atoms with Crippen LogP contribution < -0.4 is 9.46 Å². The third kappa shape index (κ3) is 5.13. The Morgan fingerprint density at radius 3 is 1.92 bits per heavy atom. The number of hydrogen-bond acceptors (Lipinski definition) is 4. The second-order valence-corrected chi connectivity index (χ2v) is 9.70. The van der Waals surface area contributed by atoms with E-state index in [4.69, 9.17) is 4.74 Å². The molecule has 0 saturated carbocycles. The summed E-state index contributed by atoms with van der Waals surface area (Å²) >= 11 is 0. The van der Waals surface area contributed by atoms with E-state index in [1.165, 1.54) is 43.0 Å². The van der Waals surface area contributed by atoms with Crippen molar-refractivity contribution in [2.24, 2.45) is 0 Å². The number of halogens is 8. The van der Waals surface area contributed by atoms with Gasteiger partial charge in [0, 0.05) is 5.56 Å². The molecule has 0 atom stereocenters. The van der Waals surface area contributed by atoms with Crippen molar-refractivity contribution < 1.29 is 48.3 Å². The van der Waals surface area contributed by atoms with Crippen LogP contribution in [0.25, 0.3) is 16.9 Å². The molecule has 1 N–H and O–H groups in total. The maximum Gasteiger partial charge on any atom is 0.435 e. The lowest BCUT2D eigenvalue weighted by Gasteiger charge is -2.14. The van der Waals surface area contributed by atoms with Crippen LogP contribution in [0.3, 0.4) is 0 Å². The van der Waals surface area contributed by atoms with Gasteiger partial charge >= 0.3 is 6.18 Å². The molecule has 4 rings (SSSR count). The summed E-state index contributed by atoms with van der Waals surface area (Å²) in [7, 11) is -3.53. The zero-order chi connectivity index (χ0) is 28.9. The summed E-state index contributed by atoms with van der Waals surface area (Å²) in [6.45, 7) is 1.21. The van der Waals surface area contributed by atoms with Crippen molar-refractivity contribution in [3.05, 3.63) is 88.9 Å². The van der Waals surface area contributed by atoms with Gasteiger partial charge in [0.1, 0.15) is 11.4 Å². The number of nitrogens with zero attached hydrogens (tertiary/aromatic N) is 2. The van der Waals surface area contributed by atoms with E-state index < -0.39 is 61.6 Å². The molecular weight excluding hydrogens is 562 g/mol. The van der Waals surface area contributed by atoms with Crippen LogP contribution in [0.15, 0.2) is 53.4 Å². The van der Waals surface area contributed by atoms with E-state index in [-0.39, 0.29) is 16.9 Å². The van der Waals surface area contributed by atoms with Gasteiger partial charge in [-0.1, -0.05) is 0 Å². The highest BCUT2D eigenvalue weighted by molar-refractivity contribution is 7.92. The molecule has 206 valence electrons. The number of aromatic nitrogens is 2. The average Bonchev–Trinajstić information content (AvgIpc) is 3.35. The molecule has 15 heteroatoms. The van der Waals surface area contributed by atoms with Gasteiger partial charge in [-0.2, -0.15) is 18.3 Å². The zero-order valence-electron chi connectivity index (χ0n) is 19.7. The van der Waals surface area contributed by atoms with Crippen LogP contribution in [0.1, 0.15) is 11.3 Å². The number of methoxy groups -OCH3 is 1. The maximum absolute atomic E-state index is 14.0. The molecule has 1 heterocycles. The lowest BCUT2D eigenvalue weighted by atomic mass is 10.1. The van der Waals surface area contributed by atoms with Crippen LogP contribution in [0.5, 0.6) is 5.75 Å². The lowest BCUT2D eigenvalue weighted by molar-refractivity contribution is -0.141. The molecule has 3 aromatic carbocycles. The second-order valence-electron chi connectivity index (χ2n) is 8.05. The molecule has 6 nitrogen and oxygen atoms in total. The maximum atomic E-state index is 14.0. The van der Waals surface area contributed by atoms with E-state index >= 15 is 0 Å². The van der Waals surface area contributed by atoms with Crippen molar-refractivity contribution in [3.8, 4) is 22.7 Å². The van der Waals surface area contributed by atoms with Crippen molar-refractivity contribution in [1.29, 1.82) is 0 Å². The van der Waals surface area contributed by atoms with E-state index in [1.807, 2.05) is 0 Å². The summed E-state index contributed by atoms with van der Waals surface area (Å²) in [5.74, 6) is -11.5. The number of benzene rings is 3. The smallest absolute Gasteiger partial charge is 0.435 e. The van der Waals surface area contributed by atoms with Crippen molar-refractivity contribution in [2.45, 2.75) is 18.0 Å². The van der Waals surface area contributed by atoms with Crippen LogP contribution in [0.4, 0.5) is 40.8 Å². The molecule has 0 spiro atoms. The van der Waals surface area contributed by atoms with Crippen molar-refractivity contribution in [1.82, 2.24) is 9.78 Å². The van der Waals surface area contributed by atoms with Gasteiger partial charge in [-0.25, -0.2) is 35.1 Å². The summed E-state index contributed by atoms with van der Waals surface area (Å²) in [5, 5.41) is 3.60. The molecule has 0 aliphatic carbocycles. The molecule has 4 aromatic rings. The first-order valence-corrected chi connectivity index (χ1v) is 12.1. The van der Waals surface area contributed by atoms with Gasteiger partial charge in [0.2, 0.25) is 5.82 Å². The van der Waals surface area contributed by atoms with Crippen LogP contribution in [-0.2, 0) is 16.2 Å². The molecule has 39 heavy (non-hydrogen) atoms. The largest absolute Gasteiger partial charge is 0.497 e. The topological polar surface area (TPSA) is 73.2 Å². The number of anilines is 1. The highest BCUT2D eigenvalue weighted by atomic mass is 32.2. The molecule has 0 saturated heterocycles. The molecule has 0 aliphatic heterocycles. The Morgan fingerprint density at radius 2 is 1.41 bits per heavy atom. The van der Waals surface area contributed by atoms with Gasteiger partial charge in [-0.3, -0.25) is 4.72 Å². The first-order chi connectivity index (χ1) is 18.2. The number of hydrogen-bond donors (Lipinski definition) is 1. The number of aryl methyl sites for hydroxylation is 1. The number of ether oxygens (including phenoxy) is 1. The Morgan fingerprint density at radius 1 is 0.846 bits per heavy atom. The number of sulfonamides is 1. The summed E-state index contributed by atoms with van der Waals surface area (Å²) in [5.41, 5.74) is -2.91. The van der Waals surface area contributed by atoms with Crippen LogP contribution in [0, 0.1) is 36.0 Å². The van der Waals surface area contributed by atoms with E-state index in [0.29, 0.717) is 11.3 Å². The summed E-state index contributed by atoms with van der Waals surface area (Å²) in [4.78, 5) is -0.649. The van der Waals surface area contributed by atoms with Crippen LogP contribution in [-0.4, -0.2) is 25.3 Å². The van der Waals surface area contributed by atoms with E-state index in [0.717, 1.165) is 28.9 Å². The quantitative estimate of drug-likeness (QED) is 0.164. The highest BCUT2D eigenvalue weighted by Gasteiger charge is 2.35. The average molecular weight is 577 g/mol. The minimum Gasteiger partial charge on any atom is -0.497 e. The van der Waals surface area contributed by atoms with E-state index in [1.54, 1.807) is 0 Å². The van der Waals surface area contributed by atoms with Crippen molar-refractivity contribution in [2.75, 3.05) is 11.8 Å². The predicted molar refractivity (Wildman–Crippen MR) is 122 cm³/mol. The van der Waals surface area contributed by atoms with Gasteiger partial charge in [0.15, 0.2) is 29.0 Å². The fraction of sp³-hybridized carbons (Fsp3) is 0.125. The first kappa shape index (κ1) is 27.9. The fourth-order valence-corrected chi connectivity index (χ4v) is 4.92. The molecule has 1 aromatic heterocycles. The molecule has 0 unspecified atom stereocenters. The molecule has 0 radical (unpaired) electrons. The molecule has 0 bridgehead atoms. The highest BCUT2D eigenvalue weighted by Crippen LogP contribution is 2.35. The Labute approximate surface area is 215 Å². The predicted octanol–water partition coefficient (Wildman–Crippen LogP) is 6.37. The third-order valence-electron chi connectivity index (χ3n) is 5.52. The van der Waals surface area contributed by atoms with E-state index in [9.17, 15) is 43.5 Å². The summed E-state index contributed by atoms with van der Waals surface area (Å²) in [6.07, 6.45) is -4.82. The first-order valence-electron chi connectivity index (χ1n) is 10.6. The zero-order valence-corrected chi connectivity index (χ0v) is 20.5. The van der Waals surface area contributed by atoms with Gasteiger partial charge < -0.3 is 4.74 Å². The summed E-state index contributed by atoms with van der Waals surface area (Å²) in [6, 6.07) is 9.81. The van der Waals surface area contributed by atoms with Crippen molar-refractivity contribution in [3.63, 3.8) is 0 Å². The third-order valence-corrected chi connectivity index (χ3v) is 7.03. The van der Waals surface area contributed by atoms with Gasteiger partial charge in [0.05, 0.1) is 23.4 Å². The summed E-state index contributed by atoms with van der Waals surface area (Å²) < 4.78 is 142. The normalized spacial score (nSPS) is 12.1. The van der Waals surface area contributed by atoms with Crippen molar-refractivity contribution >= 4 is 15.7 Å².